The van der Waals surface area contributed by atoms with Gasteiger partial charge in [-0.2, -0.15) is 0 Å². The van der Waals surface area contributed by atoms with Crippen LogP contribution >= 0.6 is 0 Å². The Hall–Kier alpha value is -3.73. The van der Waals surface area contributed by atoms with Crippen molar-refractivity contribution in [3.63, 3.8) is 0 Å². The van der Waals surface area contributed by atoms with Crippen molar-refractivity contribution in [1.29, 1.82) is 0 Å². The Morgan fingerprint density at radius 3 is 2.41 bits per heavy atom. The average Bonchev–Trinajstić information content (AvgIpc) is 2.79. The van der Waals surface area contributed by atoms with Gasteiger partial charge in [0, 0.05) is 40.6 Å². The SMILES string of the molecule is CCc1ccc(-n2cc(C(=O)OCc3cccnc3)c3ccccc3c2=O)cc1. The van der Waals surface area contributed by atoms with Gasteiger partial charge in [0.2, 0.25) is 0 Å². The number of esters is 1. The van der Waals surface area contributed by atoms with Crippen molar-refractivity contribution >= 4 is 16.7 Å². The van der Waals surface area contributed by atoms with Crippen molar-refractivity contribution in [2.75, 3.05) is 0 Å². The van der Waals surface area contributed by atoms with E-state index in [-0.39, 0.29) is 12.2 Å². The molecule has 0 unspecified atom stereocenters. The molecule has 0 aliphatic carbocycles. The normalized spacial score (nSPS) is 10.8. The van der Waals surface area contributed by atoms with Gasteiger partial charge in [0.05, 0.1) is 5.56 Å². The maximum Gasteiger partial charge on any atom is 0.340 e. The summed E-state index contributed by atoms with van der Waals surface area (Å²) in [5.74, 6) is -0.482. The minimum absolute atomic E-state index is 0.116. The van der Waals surface area contributed by atoms with Gasteiger partial charge in [0.15, 0.2) is 0 Å². The molecule has 0 fully saturated rings. The predicted octanol–water partition coefficient (Wildman–Crippen LogP) is 4.31. The molecule has 5 heteroatoms. The Morgan fingerprint density at radius 1 is 0.966 bits per heavy atom. The van der Waals surface area contributed by atoms with Crippen molar-refractivity contribution in [2.45, 2.75) is 20.0 Å². The first-order chi connectivity index (χ1) is 14.2. The molecule has 29 heavy (non-hydrogen) atoms. The van der Waals surface area contributed by atoms with Gasteiger partial charge in [0.1, 0.15) is 6.61 Å². The van der Waals surface area contributed by atoms with E-state index in [1.54, 1.807) is 48.9 Å². The van der Waals surface area contributed by atoms with Gasteiger partial charge >= 0.3 is 5.97 Å². The number of nitrogens with zero attached hydrogens (tertiary/aromatic N) is 2. The van der Waals surface area contributed by atoms with Gasteiger partial charge in [-0.05, 0) is 36.2 Å². The van der Waals surface area contributed by atoms with E-state index in [4.69, 9.17) is 4.74 Å². The molecule has 0 amide bonds. The maximum absolute atomic E-state index is 13.0. The van der Waals surface area contributed by atoms with Crippen LogP contribution in [-0.2, 0) is 17.8 Å². The molecule has 0 bridgehead atoms. The summed E-state index contributed by atoms with van der Waals surface area (Å²) in [5, 5.41) is 1.05. The molecule has 4 aromatic rings. The summed E-state index contributed by atoms with van der Waals surface area (Å²) in [7, 11) is 0. The minimum Gasteiger partial charge on any atom is -0.457 e. The van der Waals surface area contributed by atoms with Crippen LogP contribution < -0.4 is 5.56 Å². The molecule has 0 atom stereocenters. The third kappa shape index (κ3) is 3.80. The molecule has 2 aromatic heterocycles. The quantitative estimate of drug-likeness (QED) is 0.481. The molecule has 0 radical (unpaired) electrons. The molecule has 5 nitrogen and oxygen atoms in total. The Labute approximate surface area is 168 Å². The number of hydrogen-bond acceptors (Lipinski definition) is 4. The number of pyridine rings is 2. The van der Waals surface area contributed by atoms with E-state index < -0.39 is 5.97 Å². The smallest absolute Gasteiger partial charge is 0.340 e. The molecule has 0 aliphatic heterocycles. The lowest BCUT2D eigenvalue weighted by molar-refractivity contribution is 0.0474. The Balaban J connectivity index is 1.77. The van der Waals surface area contributed by atoms with Gasteiger partial charge < -0.3 is 4.74 Å². The van der Waals surface area contributed by atoms with Gasteiger partial charge in [-0.3, -0.25) is 14.3 Å². The van der Waals surface area contributed by atoms with Crippen LogP contribution in [0.3, 0.4) is 0 Å². The number of aromatic nitrogens is 2. The minimum atomic E-state index is -0.482. The number of carbonyl (C=O) groups is 1. The van der Waals surface area contributed by atoms with Crippen molar-refractivity contribution in [2.24, 2.45) is 0 Å². The molecular weight excluding hydrogens is 364 g/mol. The van der Waals surface area contributed by atoms with Crippen LogP contribution in [0.15, 0.2) is 84.0 Å². The van der Waals surface area contributed by atoms with Crippen molar-refractivity contribution in [3.05, 3.63) is 106 Å². The highest BCUT2D eigenvalue weighted by molar-refractivity contribution is 6.04. The Bertz CT molecular complexity index is 1210. The molecule has 2 heterocycles. The highest BCUT2D eigenvalue weighted by Crippen LogP contribution is 2.19. The molecule has 144 valence electrons. The number of hydrogen-bond donors (Lipinski definition) is 0. The van der Waals surface area contributed by atoms with Crippen LogP contribution in [0.1, 0.15) is 28.4 Å². The number of ether oxygens (including phenoxy) is 1. The molecule has 0 saturated carbocycles. The molecule has 0 saturated heterocycles. The fourth-order valence-electron chi connectivity index (χ4n) is 3.25. The second-order valence-corrected chi connectivity index (χ2v) is 6.72. The van der Waals surface area contributed by atoms with Gasteiger partial charge in [-0.1, -0.05) is 43.3 Å². The first-order valence-electron chi connectivity index (χ1n) is 9.47. The van der Waals surface area contributed by atoms with E-state index in [0.29, 0.717) is 22.0 Å². The lowest BCUT2D eigenvalue weighted by atomic mass is 10.1. The molecule has 0 N–H and O–H groups in total. The molecule has 0 spiro atoms. The van der Waals surface area contributed by atoms with Crippen molar-refractivity contribution in [1.82, 2.24) is 9.55 Å². The number of benzene rings is 2. The lowest BCUT2D eigenvalue weighted by Gasteiger charge is -2.13. The topological polar surface area (TPSA) is 61.2 Å². The van der Waals surface area contributed by atoms with Crippen LogP contribution in [0.2, 0.25) is 0 Å². The second-order valence-electron chi connectivity index (χ2n) is 6.72. The fraction of sp³-hybridized carbons (Fsp3) is 0.125. The molecular formula is C24H20N2O3. The van der Waals surface area contributed by atoms with E-state index in [1.807, 2.05) is 30.3 Å². The van der Waals surface area contributed by atoms with Crippen LogP contribution in [0, 0.1) is 0 Å². The van der Waals surface area contributed by atoms with Gasteiger partial charge in [0.25, 0.3) is 5.56 Å². The van der Waals surface area contributed by atoms with Crippen LogP contribution in [0.5, 0.6) is 0 Å². The number of fused-ring (bicyclic) bond motifs is 1. The summed E-state index contributed by atoms with van der Waals surface area (Å²) < 4.78 is 7.00. The first kappa shape index (κ1) is 18.6. The van der Waals surface area contributed by atoms with E-state index in [1.165, 1.54) is 10.1 Å². The van der Waals surface area contributed by atoms with Crippen LogP contribution in [0.4, 0.5) is 0 Å². The van der Waals surface area contributed by atoms with E-state index >= 15 is 0 Å². The number of carbonyl (C=O) groups excluding carboxylic acids is 1. The van der Waals surface area contributed by atoms with E-state index in [0.717, 1.165) is 12.0 Å². The third-order valence-corrected chi connectivity index (χ3v) is 4.86. The number of aryl methyl sites for hydroxylation is 1. The fourth-order valence-corrected chi connectivity index (χ4v) is 3.25. The summed E-state index contributed by atoms with van der Waals surface area (Å²) in [5.41, 5.74) is 2.86. The van der Waals surface area contributed by atoms with Gasteiger partial charge in [-0.15, -0.1) is 0 Å². The summed E-state index contributed by atoms with van der Waals surface area (Å²) in [6.07, 6.45) is 5.80. The van der Waals surface area contributed by atoms with Crippen LogP contribution in [-0.4, -0.2) is 15.5 Å². The highest BCUT2D eigenvalue weighted by Gasteiger charge is 2.17. The van der Waals surface area contributed by atoms with Crippen LogP contribution in [0.25, 0.3) is 16.5 Å². The van der Waals surface area contributed by atoms with Crippen molar-refractivity contribution in [3.8, 4) is 5.69 Å². The molecule has 4 rings (SSSR count). The second kappa shape index (κ2) is 8.10. The molecule has 2 aromatic carbocycles. The lowest BCUT2D eigenvalue weighted by Crippen LogP contribution is -2.21. The average molecular weight is 384 g/mol. The number of rotatable bonds is 5. The zero-order chi connectivity index (χ0) is 20.2. The standard InChI is InChI=1S/C24H20N2O3/c1-2-17-9-11-19(12-10-17)26-15-22(20-7-3-4-8-21(20)23(26)27)24(28)29-16-18-6-5-13-25-14-18/h3-15H,2,16H2,1H3. The monoisotopic (exact) mass is 384 g/mol. The Kier molecular flexibility index (Phi) is 5.20. The zero-order valence-electron chi connectivity index (χ0n) is 16.0. The van der Waals surface area contributed by atoms with E-state index in [2.05, 4.69) is 11.9 Å². The Morgan fingerprint density at radius 2 is 1.72 bits per heavy atom. The summed E-state index contributed by atoms with van der Waals surface area (Å²) in [6, 6.07) is 18.5. The molecule has 0 aliphatic rings. The summed E-state index contributed by atoms with van der Waals surface area (Å²) >= 11 is 0. The summed E-state index contributed by atoms with van der Waals surface area (Å²) in [6.45, 7) is 2.19. The largest absolute Gasteiger partial charge is 0.457 e. The predicted molar refractivity (Wildman–Crippen MR) is 112 cm³/mol. The van der Waals surface area contributed by atoms with E-state index in [9.17, 15) is 9.59 Å². The maximum atomic E-state index is 13.0. The highest BCUT2D eigenvalue weighted by atomic mass is 16.5. The zero-order valence-corrected chi connectivity index (χ0v) is 16.0. The first-order valence-corrected chi connectivity index (χ1v) is 9.47. The van der Waals surface area contributed by atoms with Gasteiger partial charge in [-0.25, -0.2) is 4.79 Å². The summed E-state index contributed by atoms with van der Waals surface area (Å²) in [4.78, 5) is 29.9. The third-order valence-electron chi connectivity index (χ3n) is 4.86. The van der Waals surface area contributed by atoms with Crippen molar-refractivity contribution < 1.29 is 9.53 Å².